The van der Waals surface area contributed by atoms with E-state index in [1.54, 1.807) is 37.3 Å². The number of amides is 1. The zero-order chi connectivity index (χ0) is 23.4. The molecule has 1 aliphatic heterocycles. The van der Waals surface area contributed by atoms with Gasteiger partial charge in [-0.3, -0.25) is 9.59 Å². The van der Waals surface area contributed by atoms with Gasteiger partial charge >= 0.3 is 0 Å². The van der Waals surface area contributed by atoms with Crippen LogP contribution in [0.1, 0.15) is 55.9 Å². The number of aliphatic hydroxyl groups excluding tert-OH is 1. The molecule has 0 saturated carbocycles. The second-order valence-electron chi connectivity index (χ2n) is 8.13. The van der Waals surface area contributed by atoms with Crippen LogP contribution in [0, 0.1) is 13.8 Å². The summed E-state index contributed by atoms with van der Waals surface area (Å²) in [7, 11) is 0. The van der Waals surface area contributed by atoms with Gasteiger partial charge < -0.3 is 23.9 Å². The third-order valence-electron chi connectivity index (χ3n) is 5.31. The lowest BCUT2D eigenvalue weighted by Gasteiger charge is -2.23. The minimum absolute atomic E-state index is 0.0256. The zero-order valence-corrected chi connectivity index (χ0v) is 19.3. The Morgan fingerprint density at radius 3 is 2.53 bits per heavy atom. The topological polar surface area (TPSA) is 89.2 Å². The van der Waals surface area contributed by atoms with Crippen LogP contribution in [0.2, 0.25) is 0 Å². The van der Waals surface area contributed by atoms with Crippen LogP contribution in [0.5, 0.6) is 5.75 Å². The van der Waals surface area contributed by atoms with E-state index < -0.39 is 17.7 Å². The first-order chi connectivity index (χ1) is 15.2. The lowest BCUT2D eigenvalue weighted by molar-refractivity contribution is -0.140. The highest BCUT2D eigenvalue weighted by Crippen LogP contribution is 2.40. The van der Waals surface area contributed by atoms with Gasteiger partial charge in [-0.05, 0) is 76.9 Å². The largest absolute Gasteiger partial charge is 0.507 e. The van der Waals surface area contributed by atoms with Gasteiger partial charge in [0.25, 0.3) is 11.7 Å². The van der Waals surface area contributed by atoms with E-state index in [-0.39, 0.29) is 17.4 Å². The quantitative estimate of drug-likeness (QED) is 0.266. The molecule has 0 radical (unpaired) electrons. The Morgan fingerprint density at radius 1 is 1.19 bits per heavy atom. The highest BCUT2D eigenvalue weighted by atomic mass is 16.5. The Labute approximate surface area is 188 Å². The maximum absolute atomic E-state index is 13.0. The summed E-state index contributed by atoms with van der Waals surface area (Å²) in [6, 6.07) is 7.89. The summed E-state index contributed by atoms with van der Waals surface area (Å²) < 4.78 is 16.9. The van der Waals surface area contributed by atoms with E-state index in [1.807, 2.05) is 27.7 Å². The lowest BCUT2D eigenvalue weighted by Crippen LogP contribution is -2.31. The van der Waals surface area contributed by atoms with Gasteiger partial charge in [0.2, 0.25) is 0 Å². The molecule has 2 heterocycles. The number of nitrogens with zero attached hydrogens (tertiary/aromatic N) is 1. The first-order valence-corrected chi connectivity index (χ1v) is 10.9. The molecule has 1 fully saturated rings. The van der Waals surface area contributed by atoms with Crippen LogP contribution in [0.15, 0.2) is 40.3 Å². The van der Waals surface area contributed by atoms with Crippen molar-refractivity contribution in [3.63, 3.8) is 0 Å². The molecule has 1 saturated heterocycles. The van der Waals surface area contributed by atoms with E-state index in [4.69, 9.17) is 13.9 Å². The lowest BCUT2D eigenvalue weighted by atomic mass is 9.98. The fourth-order valence-electron chi connectivity index (χ4n) is 3.83. The van der Waals surface area contributed by atoms with Crippen molar-refractivity contribution in [1.29, 1.82) is 0 Å². The molecule has 32 heavy (non-hydrogen) atoms. The molecule has 172 valence electrons. The molecule has 1 aliphatic rings. The number of ketones is 1. The van der Waals surface area contributed by atoms with Crippen molar-refractivity contribution in [3.8, 4) is 5.75 Å². The molecular weight excluding hydrogens is 410 g/mol. The van der Waals surface area contributed by atoms with Crippen molar-refractivity contribution in [1.82, 2.24) is 4.90 Å². The Bertz CT molecular complexity index is 1020. The number of aryl methyl sites for hydroxylation is 2. The van der Waals surface area contributed by atoms with Crippen molar-refractivity contribution >= 4 is 17.4 Å². The van der Waals surface area contributed by atoms with E-state index in [1.165, 1.54) is 4.90 Å². The average molecular weight is 442 g/mol. The van der Waals surface area contributed by atoms with Crippen molar-refractivity contribution < 1.29 is 28.6 Å². The molecule has 7 heteroatoms. The predicted octanol–water partition coefficient (Wildman–Crippen LogP) is 4.53. The summed E-state index contributed by atoms with van der Waals surface area (Å²) in [6.45, 7) is 10.7. The summed E-state index contributed by atoms with van der Waals surface area (Å²) in [6.07, 6.45) is 0.640. The number of aliphatic hydroxyl groups is 1. The zero-order valence-electron chi connectivity index (χ0n) is 19.3. The Hall–Kier alpha value is -3.06. The molecule has 0 bridgehead atoms. The number of furan rings is 1. The average Bonchev–Trinajstić information content (AvgIpc) is 3.28. The number of rotatable bonds is 9. The van der Waals surface area contributed by atoms with Crippen LogP contribution in [-0.4, -0.2) is 47.6 Å². The fraction of sp³-hybridized carbons (Fsp3) is 0.440. The van der Waals surface area contributed by atoms with Gasteiger partial charge in [0.15, 0.2) is 0 Å². The second-order valence-corrected chi connectivity index (χ2v) is 8.13. The first-order valence-electron chi connectivity index (χ1n) is 10.9. The molecule has 1 N–H and O–H groups in total. The van der Waals surface area contributed by atoms with Gasteiger partial charge in [-0.25, -0.2) is 0 Å². The smallest absolute Gasteiger partial charge is 0.295 e. The van der Waals surface area contributed by atoms with Gasteiger partial charge in [0.05, 0.1) is 18.3 Å². The van der Waals surface area contributed by atoms with Gasteiger partial charge in [-0.15, -0.1) is 0 Å². The van der Waals surface area contributed by atoms with Crippen molar-refractivity contribution in [2.24, 2.45) is 0 Å². The van der Waals surface area contributed by atoms with Crippen LogP contribution < -0.4 is 4.74 Å². The normalized spacial score (nSPS) is 18.1. The maximum atomic E-state index is 13.0. The SMILES string of the molecule is CCOc1ccc(/C(O)=C2/C(=O)C(=O)N(CCCOC(C)C)C2c2ccc(C)o2)cc1C. The molecular formula is C25H31NO6. The van der Waals surface area contributed by atoms with Gasteiger partial charge in [0.1, 0.15) is 29.1 Å². The van der Waals surface area contributed by atoms with Crippen LogP contribution in [-0.2, 0) is 14.3 Å². The van der Waals surface area contributed by atoms with E-state index in [9.17, 15) is 14.7 Å². The number of carbonyl (C=O) groups is 2. The number of ether oxygens (including phenoxy) is 2. The number of hydrogen-bond donors (Lipinski definition) is 1. The van der Waals surface area contributed by atoms with Crippen molar-refractivity contribution in [2.75, 3.05) is 19.8 Å². The fourth-order valence-corrected chi connectivity index (χ4v) is 3.83. The van der Waals surface area contributed by atoms with Crippen LogP contribution in [0.3, 0.4) is 0 Å². The van der Waals surface area contributed by atoms with E-state index in [0.717, 1.165) is 5.56 Å². The third kappa shape index (κ3) is 4.88. The van der Waals surface area contributed by atoms with Gasteiger partial charge in [0, 0.05) is 18.7 Å². The molecule has 7 nitrogen and oxygen atoms in total. The van der Waals surface area contributed by atoms with Gasteiger partial charge in [-0.2, -0.15) is 0 Å². The number of hydrogen-bond acceptors (Lipinski definition) is 6. The van der Waals surface area contributed by atoms with Gasteiger partial charge in [-0.1, -0.05) is 0 Å². The predicted molar refractivity (Wildman–Crippen MR) is 121 cm³/mol. The molecule has 2 aromatic rings. The highest BCUT2D eigenvalue weighted by molar-refractivity contribution is 6.46. The second kappa shape index (κ2) is 10.0. The number of benzene rings is 1. The molecule has 1 aromatic carbocycles. The third-order valence-corrected chi connectivity index (χ3v) is 5.31. The van der Waals surface area contributed by atoms with Crippen molar-refractivity contribution in [2.45, 2.75) is 53.2 Å². The first kappa shape index (κ1) is 23.6. The molecule has 1 atom stereocenters. The summed E-state index contributed by atoms with van der Waals surface area (Å²) in [5.41, 5.74) is 1.29. The Morgan fingerprint density at radius 2 is 1.94 bits per heavy atom. The standard InChI is InChI=1S/C25H31NO6/c1-6-30-19-11-9-18(14-16(19)4)23(27)21-22(20-10-8-17(5)32-20)26(25(29)24(21)28)12-7-13-31-15(2)3/h8-11,14-15,22,27H,6-7,12-13H2,1-5H3/b23-21-. The maximum Gasteiger partial charge on any atom is 0.295 e. The molecule has 1 amide bonds. The van der Waals surface area contributed by atoms with E-state index in [2.05, 4.69) is 0 Å². The van der Waals surface area contributed by atoms with Crippen LogP contribution >= 0.6 is 0 Å². The van der Waals surface area contributed by atoms with Crippen molar-refractivity contribution in [3.05, 3.63) is 58.6 Å². The molecule has 1 aromatic heterocycles. The monoisotopic (exact) mass is 441 g/mol. The van der Waals surface area contributed by atoms with Crippen LogP contribution in [0.4, 0.5) is 0 Å². The Kier molecular flexibility index (Phi) is 7.40. The van der Waals surface area contributed by atoms with E-state index in [0.29, 0.717) is 49.0 Å². The van der Waals surface area contributed by atoms with E-state index >= 15 is 0 Å². The van der Waals surface area contributed by atoms with Crippen LogP contribution in [0.25, 0.3) is 5.76 Å². The summed E-state index contributed by atoms with van der Waals surface area (Å²) in [5.74, 6) is 0.194. The number of Topliss-reactive ketones (excluding diaryl/α,β-unsaturated/α-hetero) is 1. The Balaban J connectivity index is 2.01. The minimum Gasteiger partial charge on any atom is -0.507 e. The minimum atomic E-state index is -0.797. The number of likely N-dealkylation sites (tertiary alicyclic amines) is 1. The summed E-state index contributed by atoms with van der Waals surface area (Å²) in [5, 5.41) is 11.1. The molecule has 1 unspecified atom stereocenters. The summed E-state index contributed by atoms with van der Waals surface area (Å²) >= 11 is 0. The summed E-state index contributed by atoms with van der Waals surface area (Å²) in [4.78, 5) is 27.4. The number of carbonyl (C=O) groups excluding carboxylic acids is 2. The molecule has 0 aliphatic carbocycles. The molecule has 3 rings (SSSR count). The molecule has 0 spiro atoms. The highest BCUT2D eigenvalue weighted by Gasteiger charge is 2.47.